The van der Waals surface area contributed by atoms with Crippen LogP contribution in [0, 0.1) is 0 Å². The Morgan fingerprint density at radius 3 is 2.30 bits per heavy atom. The van der Waals surface area contributed by atoms with Crippen molar-refractivity contribution in [2.45, 2.75) is 38.5 Å². The topological polar surface area (TPSA) is 79.8 Å². The first-order valence-electron chi connectivity index (χ1n) is 6.32. The molecule has 20 heavy (non-hydrogen) atoms. The highest BCUT2D eigenvalue weighted by Gasteiger charge is 2.28. The number of nitrogens with zero attached hydrogens (tertiary/aromatic N) is 1. The van der Waals surface area contributed by atoms with Gasteiger partial charge in [-0.05, 0) is 27.7 Å². The highest BCUT2D eigenvalue weighted by Crippen LogP contribution is 2.15. The number of sulfone groups is 1. The fourth-order valence-corrected chi connectivity index (χ4v) is 2.31. The number of halogens is 1. The first-order valence-corrected chi connectivity index (χ1v) is 7.97. The van der Waals surface area contributed by atoms with E-state index in [0.717, 1.165) is 0 Å². The SMILES string of the molecule is CN=C(NCCS(=O)(=O)C(C)(C)C)NC(C)COC.I. The molecule has 0 amide bonds. The van der Waals surface area contributed by atoms with Gasteiger partial charge in [0, 0.05) is 26.7 Å². The summed E-state index contributed by atoms with van der Waals surface area (Å²) in [7, 11) is 0.165. The summed E-state index contributed by atoms with van der Waals surface area (Å²) in [4.78, 5) is 4.04. The second-order valence-corrected chi connectivity index (χ2v) is 8.29. The lowest BCUT2D eigenvalue weighted by molar-refractivity contribution is 0.179. The Labute approximate surface area is 140 Å². The van der Waals surface area contributed by atoms with Crippen molar-refractivity contribution in [2.24, 2.45) is 4.99 Å². The van der Waals surface area contributed by atoms with Gasteiger partial charge >= 0.3 is 0 Å². The number of ether oxygens (including phenoxy) is 1. The zero-order valence-electron chi connectivity index (χ0n) is 13.2. The fraction of sp³-hybridized carbons (Fsp3) is 0.917. The minimum Gasteiger partial charge on any atom is -0.383 e. The van der Waals surface area contributed by atoms with Gasteiger partial charge in [-0.3, -0.25) is 4.99 Å². The predicted octanol–water partition coefficient (Wildman–Crippen LogP) is 1.02. The van der Waals surface area contributed by atoms with Crippen molar-refractivity contribution < 1.29 is 13.2 Å². The van der Waals surface area contributed by atoms with E-state index in [2.05, 4.69) is 15.6 Å². The molecular formula is C12H28IN3O3S. The van der Waals surface area contributed by atoms with Gasteiger partial charge in [0.15, 0.2) is 15.8 Å². The second-order valence-electron chi connectivity index (χ2n) is 5.43. The third-order valence-electron chi connectivity index (χ3n) is 2.62. The Bertz CT molecular complexity index is 391. The molecule has 2 N–H and O–H groups in total. The fourth-order valence-electron chi connectivity index (χ4n) is 1.33. The van der Waals surface area contributed by atoms with E-state index in [1.54, 1.807) is 34.9 Å². The molecule has 1 atom stereocenters. The summed E-state index contributed by atoms with van der Waals surface area (Å²) in [5.41, 5.74) is 0. The standard InChI is InChI=1S/C12H27N3O3S.HI/c1-10(9-18-6)15-11(13-5)14-7-8-19(16,17)12(2,3)4;/h10H,7-9H2,1-6H3,(H2,13,14,15);1H. The average Bonchev–Trinajstić information content (AvgIpc) is 2.26. The zero-order valence-corrected chi connectivity index (χ0v) is 16.3. The van der Waals surface area contributed by atoms with Crippen LogP contribution in [0.3, 0.4) is 0 Å². The van der Waals surface area contributed by atoms with E-state index < -0.39 is 14.6 Å². The second kappa shape index (κ2) is 9.78. The van der Waals surface area contributed by atoms with Crippen molar-refractivity contribution in [1.82, 2.24) is 10.6 Å². The summed E-state index contributed by atoms with van der Waals surface area (Å²) in [6.07, 6.45) is 0. The maximum absolute atomic E-state index is 11.9. The van der Waals surface area contributed by atoms with E-state index in [0.29, 0.717) is 19.1 Å². The van der Waals surface area contributed by atoms with Crippen LogP contribution in [0.25, 0.3) is 0 Å². The molecule has 0 rings (SSSR count). The van der Waals surface area contributed by atoms with Gasteiger partial charge in [-0.15, -0.1) is 24.0 Å². The van der Waals surface area contributed by atoms with Gasteiger partial charge in [0.1, 0.15) is 0 Å². The van der Waals surface area contributed by atoms with E-state index >= 15 is 0 Å². The molecule has 0 aromatic heterocycles. The van der Waals surface area contributed by atoms with Crippen LogP contribution in [-0.2, 0) is 14.6 Å². The van der Waals surface area contributed by atoms with Gasteiger partial charge in [-0.2, -0.15) is 0 Å². The molecule has 0 aliphatic carbocycles. The number of rotatable bonds is 6. The van der Waals surface area contributed by atoms with Crippen LogP contribution >= 0.6 is 24.0 Å². The summed E-state index contributed by atoms with van der Waals surface area (Å²) in [5.74, 6) is 0.657. The Balaban J connectivity index is 0. The van der Waals surface area contributed by atoms with Crippen LogP contribution in [0.5, 0.6) is 0 Å². The first-order chi connectivity index (χ1) is 8.64. The number of hydrogen-bond donors (Lipinski definition) is 2. The van der Waals surface area contributed by atoms with Gasteiger partial charge in [0.25, 0.3) is 0 Å². The van der Waals surface area contributed by atoms with Gasteiger partial charge in [-0.25, -0.2) is 8.42 Å². The smallest absolute Gasteiger partial charge is 0.191 e. The monoisotopic (exact) mass is 421 g/mol. The Morgan fingerprint density at radius 2 is 1.90 bits per heavy atom. The molecule has 0 fully saturated rings. The molecular weight excluding hydrogens is 393 g/mol. The number of methoxy groups -OCH3 is 1. The van der Waals surface area contributed by atoms with E-state index in [4.69, 9.17) is 4.74 Å². The van der Waals surface area contributed by atoms with E-state index in [1.807, 2.05) is 6.92 Å². The van der Waals surface area contributed by atoms with Crippen LogP contribution < -0.4 is 10.6 Å². The third-order valence-corrected chi connectivity index (χ3v) is 5.23. The quantitative estimate of drug-likeness (QED) is 0.380. The minimum absolute atomic E-state index is 0. The number of aliphatic imine (C=N–C) groups is 1. The molecule has 122 valence electrons. The molecule has 6 nitrogen and oxygen atoms in total. The predicted molar refractivity (Wildman–Crippen MR) is 94.8 cm³/mol. The molecule has 0 saturated heterocycles. The summed E-state index contributed by atoms with van der Waals surface area (Å²) >= 11 is 0. The molecule has 8 heteroatoms. The van der Waals surface area contributed by atoms with E-state index in [-0.39, 0.29) is 35.8 Å². The van der Waals surface area contributed by atoms with Gasteiger partial charge in [0.2, 0.25) is 0 Å². The van der Waals surface area contributed by atoms with Crippen molar-refractivity contribution in [3.05, 3.63) is 0 Å². The van der Waals surface area contributed by atoms with Crippen molar-refractivity contribution in [3.63, 3.8) is 0 Å². The molecule has 0 heterocycles. The largest absolute Gasteiger partial charge is 0.383 e. The van der Waals surface area contributed by atoms with Gasteiger partial charge in [-0.1, -0.05) is 0 Å². The molecule has 1 unspecified atom stereocenters. The summed E-state index contributed by atoms with van der Waals surface area (Å²) in [6, 6.07) is 0.107. The summed E-state index contributed by atoms with van der Waals surface area (Å²) in [6.45, 7) is 7.96. The summed E-state index contributed by atoms with van der Waals surface area (Å²) < 4.78 is 28.1. The molecule has 0 spiro atoms. The van der Waals surface area contributed by atoms with Crippen molar-refractivity contribution in [3.8, 4) is 0 Å². The van der Waals surface area contributed by atoms with Crippen LogP contribution in [-0.4, -0.2) is 58.2 Å². The molecule has 0 saturated carbocycles. The first kappa shape index (κ1) is 22.2. The Kier molecular flexibility index (Phi) is 10.8. The minimum atomic E-state index is -3.11. The van der Waals surface area contributed by atoms with Crippen LogP contribution in [0.15, 0.2) is 4.99 Å². The molecule has 0 bridgehead atoms. The molecule has 0 aromatic rings. The van der Waals surface area contributed by atoms with Crippen LogP contribution in [0.2, 0.25) is 0 Å². The van der Waals surface area contributed by atoms with Gasteiger partial charge < -0.3 is 15.4 Å². The number of nitrogens with one attached hydrogen (secondary N) is 2. The van der Waals surface area contributed by atoms with E-state index in [1.165, 1.54) is 0 Å². The highest BCUT2D eigenvalue weighted by molar-refractivity contribution is 14.0. The molecule has 0 aromatic carbocycles. The zero-order chi connectivity index (χ0) is 15.1. The van der Waals surface area contributed by atoms with Crippen LogP contribution in [0.4, 0.5) is 0 Å². The normalized spacial score (nSPS) is 14.4. The average molecular weight is 421 g/mol. The van der Waals surface area contributed by atoms with Crippen LogP contribution in [0.1, 0.15) is 27.7 Å². The maximum atomic E-state index is 11.9. The van der Waals surface area contributed by atoms with Crippen molar-refractivity contribution >= 4 is 39.8 Å². The van der Waals surface area contributed by atoms with Gasteiger partial charge in [0.05, 0.1) is 17.1 Å². The summed E-state index contributed by atoms with van der Waals surface area (Å²) in [5, 5.41) is 6.10. The Hall–Kier alpha value is -0.0900. The third kappa shape index (κ3) is 8.25. The Morgan fingerprint density at radius 1 is 1.35 bits per heavy atom. The lowest BCUT2D eigenvalue weighted by Crippen LogP contribution is -2.46. The van der Waals surface area contributed by atoms with E-state index in [9.17, 15) is 8.42 Å². The lowest BCUT2D eigenvalue weighted by Gasteiger charge is -2.21. The number of guanidine groups is 1. The number of hydrogen-bond acceptors (Lipinski definition) is 4. The van der Waals surface area contributed by atoms with Crippen molar-refractivity contribution in [2.75, 3.05) is 33.1 Å². The van der Waals surface area contributed by atoms with Crippen molar-refractivity contribution in [1.29, 1.82) is 0 Å². The highest BCUT2D eigenvalue weighted by atomic mass is 127. The lowest BCUT2D eigenvalue weighted by atomic mass is 10.3. The molecule has 0 radical (unpaired) electrons. The molecule has 0 aliphatic heterocycles. The maximum Gasteiger partial charge on any atom is 0.191 e. The molecule has 0 aliphatic rings.